The number of carbonyl (C=O) groups is 1. The van der Waals surface area contributed by atoms with E-state index in [0.29, 0.717) is 16.5 Å². The zero-order valence-corrected chi connectivity index (χ0v) is 20.7. The number of carbonyl (C=O) groups excluding carboxylic acids is 1. The molecule has 2 aromatic heterocycles. The largest absolute Gasteiger partial charge is 0.461 e. The first-order chi connectivity index (χ1) is 18.1. The molecular weight excluding hydrogens is 526 g/mol. The van der Waals surface area contributed by atoms with Crippen LogP contribution in [0.25, 0.3) is 0 Å². The zero-order valence-electron chi connectivity index (χ0n) is 19.9. The minimum Gasteiger partial charge on any atom is -0.428 e. The van der Waals surface area contributed by atoms with Crippen molar-refractivity contribution in [2.45, 2.75) is 24.5 Å². The molecule has 12 heteroatoms. The number of aryl methyl sites for hydroxylation is 1. The molecule has 0 aliphatic rings. The van der Waals surface area contributed by atoms with Gasteiger partial charge in [0.1, 0.15) is 17.1 Å². The summed E-state index contributed by atoms with van der Waals surface area (Å²) in [5.41, 5.74) is -0.162. The summed E-state index contributed by atoms with van der Waals surface area (Å²) in [4.78, 5) is 17.7. The third kappa shape index (κ3) is 6.05. The van der Waals surface area contributed by atoms with Gasteiger partial charge in [-0.3, -0.25) is 15.0 Å². The lowest BCUT2D eigenvalue weighted by Crippen LogP contribution is -2.50. The number of aromatic nitrogens is 3. The Morgan fingerprint density at radius 1 is 1.08 bits per heavy atom. The number of amides is 2. The molecule has 1 atom stereocenters. The molecule has 0 aliphatic heterocycles. The van der Waals surface area contributed by atoms with Crippen LogP contribution in [0.15, 0.2) is 85.2 Å². The molecule has 0 aliphatic carbocycles. The smallest absolute Gasteiger partial charge is 0.428 e. The molecule has 38 heavy (non-hydrogen) atoms. The summed E-state index contributed by atoms with van der Waals surface area (Å²) in [5, 5.41) is 9.96. The third-order valence-corrected chi connectivity index (χ3v) is 5.92. The minimum atomic E-state index is -4.72. The SMILES string of the molecule is Cn1nccc1NC(=O)NC(Cc1ccccc1)(c1cccc(OC(F)(F)C(F)F)c1)c1ccc(Cl)cn1. The summed E-state index contributed by atoms with van der Waals surface area (Å²) in [7, 11) is 1.64. The van der Waals surface area contributed by atoms with E-state index in [1.54, 1.807) is 43.4 Å². The lowest BCUT2D eigenvalue weighted by Gasteiger charge is -2.35. The number of anilines is 1. The fourth-order valence-electron chi connectivity index (χ4n) is 3.92. The predicted octanol–water partition coefficient (Wildman–Crippen LogP) is 6.01. The van der Waals surface area contributed by atoms with E-state index in [0.717, 1.165) is 11.6 Å². The van der Waals surface area contributed by atoms with E-state index >= 15 is 0 Å². The number of benzene rings is 2. The monoisotopic (exact) mass is 547 g/mol. The molecule has 198 valence electrons. The number of urea groups is 1. The Labute approximate surface area is 220 Å². The van der Waals surface area contributed by atoms with Crippen LogP contribution in [-0.4, -0.2) is 33.3 Å². The molecule has 0 bridgehead atoms. The van der Waals surface area contributed by atoms with E-state index in [1.165, 1.54) is 29.2 Å². The van der Waals surface area contributed by atoms with Crippen LogP contribution in [0.1, 0.15) is 16.8 Å². The van der Waals surface area contributed by atoms with E-state index in [2.05, 4.69) is 25.5 Å². The fraction of sp³-hybridized carbons (Fsp3) is 0.192. The maximum Gasteiger partial charge on any atom is 0.461 e. The number of rotatable bonds is 9. The van der Waals surface area contributed by atoms with Crippen molar-refractivity contribution < 1.29 is 27.1 Å². The van der Waals surface area contributed by atoms with Crippen molar-refractivity contribution in [2.24, 2.45) is 7.05 Å². The maximum atomic E-state index is 13.7. The van der Waals surface area contributed by atoms with Gasteiger partial charge in [0.15, 0.2) is 0 Å². The van der Waals surface area contributed by atoms with Gasteiger partial charge in [-0.25, -0.2) is 4.79 Å². The fourth-order valence-corrected chi connectivity index (χ4v) is 4.03. The van der Waals surface area contributed by atoms with Crippen LogP contribution in [0.5, 0.6) is 5.75 Å². The van der Waals surface area contributed by atoms with Gasteiger partial charge in [0, 0.05) is 25.7 Å². The lowest BCUT2D eigenvalue weighted by atomic mass is 9.80. The van der Waals surface area contributed by atoms with Crippen LogP contribution in [0.4, 0.5) is 28.2 Å². The van der Waals surface area contributed by atoms with Crippen molar-refractivity contribution >= 4 is 23.4 Å². The normalized spacial score (nSPS) is 13.1. The standard InChI is InChI=1S/C26H22ClF4N5O2/c1-36-22(12-13-33-36)34-24(37)35-25(15-17-6-3-2-4-7-17,21-11-10-19(27)16-32-21)18-8-5-9-20(14-18)38-26(30,31)23(28)29/h2-14,16,23H,15H2,1H3,(H2,34,35,37). The molecular formula is C26H22ClF4N5O2. The number of alkyl halides is 4. The van der Waals surface area contributed by atoms with Gasteiger partial charge in [-0.2, -0.15) is 22.7 Å². The topological polar surface area (TPSA) is 81.1 Å². The van der Waals surface area contributed by atoms with E-state index < -0.39 is 29.9 Å². The highest BCUT2D eigenvalue weighted by Crippen LogP contribution is 2.36. The zero-order chi connectivity index (χ0) is 27.3. The average Bonchev–Trinajstić information content (AvgIpc) is 3.28. The number of hydrogen-bond donors (Lipinski definition) is 2. The van der Waals surface area contributed by atoms with Gasteiger partial charge in [-0.1, -0.05) is 54.1 Å². The van der Waals surface area contributed by atoms with E-state index in [1.807, 2.05) is 18.2 Å². The molecule has 2 N–H and O–H groups in total. The van der Waals surface area contributed by atoms with Crippen LogP contribution < -0.4 is 15.4 Å². The summed E-state index contributed by atoms with van der Waals surface area (Å²) in [5.74, 6) is -0.137. The second kappa shape index (κ2) is 11.1. The van der Waals surface area contributed by atoms with Gasteiger partial charge in [0.25, 0.3) is 0 Å². The summed E-state index contributed by atoms with van der Waals surface area (Å²) in [6, 6.07) is 18.3. The maximum absolute atomic E-state index is 13.7. The van der Waals surface area contributed by atoms with Crippen LogP contribution in [0, 0.1) is 0 Å². The van der Waals surface area contributed by atoms with Crippen molar-refractivity contribution in [2.75, 3.05) is 5.32 Å². The third-order valence-electron chi connectivity index (χ3n) is 5.70. The Hall–Kier alpha value is -4.12. The molecule has 2 heterocycles. The summed E-state index contributed by atoms with van der Waals surface area (Å²) in [6.45, 7) is 0. The number of pyridine rings is 1. The van der Waals surface area contributed by atoms with Gasteiger partial charge in [-0.15, -0.1) is 0 Å². The summed E-state index contributed by atoms with van der Waals surface area (Å²) in [6.07, 6.45) is -5.78. The van der Waals surface area contributed by atoms with Crippen LogP contribution >= 0.6 is 11.6 Å². The number of nitrogens with one attached hydrogen (secondary N) is 2. The molecule has 0 saturated carbocycles. The highest BCUT2D eigenvalue weighted by molar-refractivity contribution is 6.30. The molecule has 1 unspecified atom stereocenters. The second-order valence-electron chi connectivity index (χ2n) is 8.34. The molecule has 4 aromatic rings. The number of hydrogen-bond acceptors (Lipinski definition) is 4. The summed E-state index contributed by atoms with van der Waals surface area (Å²) >= 11 is 6.07. The van der Waals surface area contributed by atoms with Crippen LogP contribution in [0.3, 0.4) is 0 Å². The Morgan fingerprint density at radius 2 is 1.84 bits per heavy atom. The van der Waals surface area contributed by atoms with Crippen molar-refractivity contribution in [1.29, 1.82) is 0 Å². The summed E-state index contributed by atoms with van der Waals surface area (Å²) < 4.78 is 59.0. The first kappa shape index (κ1) is 26.9. The van der Waals surface area contributed by atoms with Crippen molar-refractivity contribution in [3.63, 3.8) is 0 Å². The Morgan fingerprint density at radius 3 is 2.47 bits per heavy atom. The number of ether oxygens (including phenoxy) is 1. The Balaban J connectivity index is 1.85. The lowest BCUT2D eigenvalue weighted by molar-refractivity contribution is -0.253. The molecule has 0 spiro atoms. The molecule has 2 aromatic carbocycles. The average molecular weight is 548 g/mol. The van der Waals surface area contributed by atoms with Gasteiger partial charge >= 0.3 is 18.6 Å². The predicted molar refractivity (Wildman–Crippen MR) is 134 cm³/mol. The van der Waals surface area contributed by atoms with E-state index in [4.69, 9.17) is 11.6 Å². The quantitative estimate of drug-likeness (QED) is 0.251. The van der Waals surface area contributed by atoms with Gasteiger partial charge in [-0.05, 0) is 35.4 Å². The second-order valence-corrected chi connectivity index (χ2v) is 8.78. The van der Waals surface area contributed by atoms with Crippen molar-refractivity contribution in [3.05, 3.63) is 107 Å². The molecule has 7 nitrogen and oxygen atoms in total. The molecule has 0 saturated heterocycles. The highest BCUT2D eigenvalue weighted by Gasteiger charge is 2.44. The molecule has 4 rings (SSSR count). The van der Waals surface area contributed by atoms with Gasteiger partial charge in [0.2, 0.25) is 0 Å². The van der Waals surface area contributed by atoms with Gasteiger partial charge in [0.05, 0.1) is 16.9 Å². The van der Waals surface area contributed by atoms with Crippen molar-refractivity contribution in [3.8, 4) is 5.75 Å². The van der Waals surface area contributed by atoms with Crippen LogP contribution in [0.2, 0.25) is 5.02 Å². The van der Waals surface area contributed by atoms with E-state index in [9.17, 15) is 22.4 Å². The minimum absolute atomic E-state index is 0.107. The first-order valence-electron chi connectivity index (χ1n) is 11.3. The highest BCUT2D eigenvalue weighted by atomic mass is 35.5. The Bertz CT molecular complexity index is 1390. The molecule has 0 radical (unpaired) electrons. The first-order valence-corrected chi connectivity index (χ1v) is 11.7. The molecule has 2 amide bonds. The number of nitrogens with zero attached hydrogens (tertiary/aromatic N) is 3. The van der Waals surface area contributed by atoms with Gasteiger partial charge < -0.3 is 10.1 Å². The number of halogens is 5. The van der Waals surface area contributed by atoms with Crippen LogP contribution in [-0.2, 0) is 19.0 Å². The Kier molecular flexibility index (Phi) is 7.86. The van der Waals surface area contributed by atoms with E-state index in [-0.39, 0.29) is 12.0 Å². The van der Waals surface area contributed by atoms with Crippen molar-refractivity contribution in [1.82, 2.24) is 20.1 Å². The molecule has 0 fully saturated rings.